The number of aryl methyl sites for hydroxylation is 1. The highest BCUT2D eigenvalue weighted by atomic mass is 16.5. The van der Waals surface area contributed by atoms with Crippen molar-refractivity contribution in [3.8, 4) is 0 Å². The number of benzene rings is 1. The summed E-state index contributed by atoms with van der Waals surface area (Å²) in [6.45, 7) is 5.03. The molecule has 1 aromatic carbocycles. The van der Waals surface area contributed by atoms with Crippen LogP contribution < -0.4 is 5.32 Å². The summed E-state index contributed by atoms with van der Waals surface area (Å²) in [5.74, 6) is 1.49. The molecule has 1 fully saturated rings. The van der Waals surface area contributed by atoms with Crippen molar-refractivity contribution in [1.29, 1.82) is 0 Å². The Balaban J connectivity index is 2.05. The maximum absolute atomic E-state index is 5.15. The van der Waals surface area contributed by atoms with E-state index in [2.05, 4.69) is 36.5 Å². The maximum Gasteiger partial charge on any atom is 0.0587 e. The number of ether oxygens (including phenoxy) is 1. The van der Waals surface area contributed by atoms with Crippen LogP contribution in [0.15, 0.2) is 24.3 Å². The van der Waals surface area contributed by atoms with Gasteiger partial charge in [-0.2, -0.15) is 0 Å². The second-order valence-electron chi connectivity index (χ2n) is 6.47. The van der Waals surface area contributed by atoms with Crippen LogP contribution in [0.25, 0.3) is 0 Å². The van der Waals surface area contributed by atoms with E-state index in [1.165, 1.54) is 49.7 Å². The average Bonchev–Trinajstić information content (AvgIpc) is 2.76. The lowest BCUT2D eigenvalue weighted by Gasteiger charge is -2.27. The fourth-order valence-corrected chi connectivity index (χ4v) is 3.60. The fourth-order valence-electron chi connectivity index (χ4n) is 3.60. The Morgan fingerprint density at radius 1 is 1.19 bits per heavy atom. The number of hydrogen-bond acceptors (Lipinski definition) is 2. The molecule has 0 aliphatic heterocycles. The van der Waals surface area contributed by atoms with Gasteiger partial charge in [0.1, 0.15) is 0 Å². The Bertz CT molecular complexity index is 396. The first-order chi connectivity index (χ1) is 10.3. The smallest absolute Gasteiger partial charge is 0.0587 e. The maximum atomic E-state index is 5.15. The van der Waals surface area contributed by atoms with Gasteiger partial charge < -0.3 is 10.1 Å². The second kappa shape index (κ2) is 9.22. The summed E-state index contributed by atoms with van der Waals surface area (Å²) < 4.78 is 5.15. The molecule has 1 aliphatic rings. The van der Waals surface area contributed by atoms with Gasteiger partial charge in [0.2, 0.25) is 0 Å². The largest absolute Gasteiger partial charge is 0.383 e. The molecule has 1 unspecified atom stereocenters. The van der Waals surface area contributed by atoms with Crippen molar-refractivity contribution in [2.75, 3.05) is 26.8 Å². The van der Waals surface area contributed by atoms with E-state index in [1.807, 2.05) is 0 Å². The van der Waals surface area contributed by atoms with Gasteiger partial charge in [-0.25, -0.2) is 0 Å². The van der Waals surface area contributed by atoms with Gasteiger partial charge in [0, 0.05) is 20.2 Å². The molecule has 0 heterocycles. The third-order valence-electron chi connectivity index (χ3n) is 4.79. The van der Waals surface area contributed by atoms with E-state index < -0.39 is 0 Å². The molecule has 118 valence electrons. The molecule has 1 aromatic rings. The number of rotatable bonds is 7. The lowest BCUT2D eigenvalue weighted by Crippen LogP contribution is -2.29. The highest BCUT2D eigenvalue weighted by Crippen LogP contribution is 2.35. The SMILES string of the molecule is COCCNCC(c1cccc(C)c1)C1CCCCCC1. The van der Waals surface area contributed by atoms with Crippen LogP contribution in [0.3, 0.4) is 0 Å². The Morgan fingerprint density at radius 3 is 2.62 bits per heavy atom. The number of hydrogen-bond donors (Lipinski definition) is 1. The normalized spacial score (nSPS) is 18.4. The highest BCUT2D eigenvalue weighted by molar-refractivity contribution is 5.26. The standard InChI is InChI=1S/C19H31NO/c1-16-8-7-11-18(14-16)19(15-20-12-13-21-2)17-9-5-3-4-6-10-17/h7-8,11,14,17,19-20H,3-6,9-10,12-13,15H2,1-2H3. The molecule has 0 saturated heterocycles. The van der Waals surface area contributed by atoms with E-state index in [0.717, 1.165) is 25.6 Å². The van der Waals surface area contributed by atoms with Gasteiger partial charge in [-0.15, -0.1) is 0 Å². The highest BCUT2D eigenvalue weighted by Gasteiger charge is 2.24. The Morgan fingerprint density at radius 2 is 1.95 bits per heavy atom. The van der Waals surface area contributed by atoms with Crippen LogP contribution in [-0.4, -0.2) is 26.8 Å². The third kappa shape index (κ3) is 5.44. The van der Waals surface area contributed by atoms with E-state index in [1.54, 1.807) is 7.11 Å². The molecule has 0 radical (unpaired) electrons. The molecule has 1 atom stereocenters. The zero-order valence-corrected chi connectivity index (χ0v) is 13.7. The zero-order valence-electron chi connectivity index (χ0n) is 13.7. The van der Waals surface area contributed by atoms with Crippen molar-refractivity contribution in [1.82, 2.24) is 5.32 Å². The Labute approximate surface area is 130 Å². The molecule has 2 nitrogen and oxygen atoms in total. The average molecular weight is 289 g/mol. The van der Waals surface area contributed by atoms with Crippen LogP contribution in [0.5, 0.6) is 0 Å². The van der Waals surface area contributed by atoms with E-state index in [9.17, 15) is 0 Å². The van der Waals surface area contributed by atoms with Crippen molar-refractivity contribution in [3.63, 3.8) is 0 Å². The van der Waals surface area contributed by atoms with Gasteiger partial charge in [0.25, 0.3) is 0 Å². The minimum atomic E-state index is 0.653. The summed E-state index contributed by atoms with van der Waals surface area (Å²) in [6, 6.07) is 9.11. The first kappa shape index (κ1) is 16.5. The first-order valence-corrected chi connectivity index (χ1v) is 8.57. The second-order valence-corrected chi connectivity index (χ2v) is 6.47. The Kier molecular flexibility index (Phi) is 7.25. The molecule has 21 heavy (non-hydrogen) atoms. The summed E-state index contributed by atoms with van der Waals surface area (Å²) in [6.07, 6.45) is 8.45. The Hall–Kier alpha value is -0.860. The molecular weight excluding hydrogens is 258 g/mol. The van der Waals surface area contributed by atoms with E-state index >= 15 is 0 Å². The molecule has 2 rings (SSSR count). The summed E-state index contributed by atoms with van der Waals surface area (Å²) in [7, 11) is 1.77. The first-order valence-electron chi connectivity index (χ1n) is 8.57. The predicted molar refractivity (Wildman–Crippen MR) is 89.9 cm³/mol. The minimum Gasteiger partial charge on any atom is -0.383 e. The van der Waals surface area contributed by atoms with Crippen LogP contribution in [0.2, 0.25) is 0 Å². The van der Waals surface area contributed by atoms with Gasteiger partial charge in [0.15, 0.2) is 0 Å². The van der Waals surface area contributed by atoms with Gasteiger partial charge in [-0.1, -0.05) is 55.5 Å². The van der Waals surface area contributed by atoms with Crippen molar-refractivity contribution >= 4 is 0 Å². The van der Waals surface area contributed by atoms with Gasteiger partial charge in [-0.3, -0.25) is 0 Å². The van der Waals surface area contributed by atoms with Crippen molar-refractivity contribution in [2.45, 2.75) is 51.4 Å². The van der Waals surface area contributed by atoms with Crippen LogP contribution in [0.1, 0.15) is 55.6 Å². The van der Waals surface area contributed by atoms with Crippen LogP contribution >= 0.6 is 0 Å². The quantitative estimate of drug-likeness (QED) is 0.597. The zero-order chi connectivity index (χ0) is 14.9. The predicted octanol–water partition coefficient (Wildman–Crippen LogP) is 4.29. The van der Waals surface area contributed by atoms with E-state index in [-0.39, 0.29) is 0 Å². The lowest BCUT2D eigenvalue weighted by atomic mass is 9.81. The van der Waals surface area contributed by atoms with Gasteiger partial charge in [-0.05, 0) is 37.2 Å². The van der Waals surface area contributed by atoms with Crippen molar-refractivity contribution < 1.29 is 4.74 Å². The topological polar surface area (TPSA) is 21.3 Å². The van der Waals surface area contributed by atoms with Crippen LogP contribution in [0, 0.1) is 12.8 Å². The molecule has 0 spiro atoms. The molecule has 0 bridgehead atoms. The van der Waals surface area contributed by atoms with Crippen LogP contribution in [-0.2, 0) is 4.74 Å². The van der Waals surface area contributed by atoms with Crippen LogP contribution in [0.4, 0.5) is 0 Å². The monoisotopic (exact) mass is 289 g/mol. The molecule has 0 aromatic heterocycles. The molecule has 2 heteroatoms. The summed E-state index contributed by atoms with van der Waals surface area (Å²) in [5, 5.41) is 3.60. The molecule has 1 saturated carbocycles. The van der Waals surface area contributed by atoms with Crippen molar-refractivity contribution in [2.24, 2.45) is 5.92 Å². The minimum absolute atomic E-state index is 0.653. The number of nitrogens with one attached hydrogen (secondary N) is 1. The molecule has 1 N–H and O–H groups in total. The van der Waals surface area contributed by atoms with E-state index in [0.29, 0.717) is 5.92 Å². The summed E-state index contributed by atoms with van der Waals surface area (Å²) in [5.41, 5.74) is 2.90. The number of methoxy groups -OCH3 is 1. The lowest BCUT2D eigenvalue weighted by molar-refractivity contribution is 0.197. The van der Waals surface area contributed by atoms with Gasteiger partial charge >= 0.3 is 0 Å². The van der Waals surface area contributed by atoms with E-state index in [4.69, 9.17) is 4.74 Å². The van der Waals surface area contributed by atoms with Gasteiger partial charge in [0.05, 0.1) is 6.61 Å². The summed E-state index contributed by atoms with van der Waals surface area (Å²) in [4.78, 5) is 0. The summed E-state index contributed by atoms with van der Waals surface area (Å²) >= 11 is 0. The third-order valence-corrected chi connectivity index (χ3v) is 4.79. The molecule has 1 aliphatic carbocycles. The molecule has 0 amide bonds. The fraction of sp³-hybridized carbons (Fsp3) is 0.684. The van der Waals surface area contributed by atoms with Crippen molar-refractivity contribution in [3.05, 3.63) is 35.4 Å². The molecular formula is C19H31NO.